The van der Waals surface area contributed by atoms with Crippen molar-refractivity contribution in [2.75, 3.05) is 0 Å². The van der Waals surface area contributed by atoms with Gasteiger partial charge in [0, 0.05) is 21.4 Å². The largest absolute Gasteiger partial charge is 0.262 e. The normalized spacial score (nSPS) is 13.0. The summed E-state index contributed by atoms with van der Waals surface area (Å²) >= 11 is 0. The Labute approximate surface area is 132 Å². The number of hydrogen-bond donors (Lipinski definition) is 0. The predicted octanol–water partition coefficient (Wildman–Crippen LogP) is 3.02. The van der Waals surface area contributed by atoms with Gasteiger partial charge in [-0.25, -0.2) is 16.8 Å². The molecule has 0 radical (unpaired) electrons. The summed E-state index contributed by atoms with van der Waals surface area (Å²) in [5.41, 5.74) is -0.0811. The maximum absolute atomic E-state index is 12.2. The van der Waals surface area contributed by atoms with Crippen LogP contribution in [-0.2, 0) is 22.2 Å². The average Bonchev–Trinajstić information content (AvgIpc) is 2.38. The lowest BCUT2D eigenvalue weighted by Gasteiger charge is -2.28. The summed E-state index contributed by atoms with van der Waals surface area (Å²) in [6, 6.07) is 14.7. The van der Waals surface area contributed by atoms with Crippen molar-refractivity contribution >= 4 is 39.5 Å². The Morgan fingerprint density at radius 2 is 0.905 bits per heavy atom. The lowest BCUT2D eigenvalue weighted by Crippen LogP contribution is -2.39. The van der Waals surface area contributed by atoms with Gasteiger partial charge in [-0.3, -0.25) is 0 Å². The maximum Gasteiger partial charge on any atom is 0.262 e. The molecular weight excluding hydrogens is 355 g/mol. The molecule has 112 valence electrons. The van der Waals surface area contributed by atoms with Gasteiger partial charge in [0.1, 0.15) is 0 Å². The van der Waals surface area contributed by atoms with Gasteiger partial charge >= 0.3 is 0 Å². The Balaban J connectivity index is 3.02. The number of hydrogen-bond acceptors (Lipinski definition) is 4. The zero-order chi connectivity index (χ0) is 15.7. The fourth-order valence-corrected chi connectivity index (χ4v) is 7.64. The molecule has 0 fully saturated rings. The van der Waals surface area contributed by atoms with E-state index in [0.29, 0.717) is 0 Å². The van der Waals surface area contributed by atoms with Gasteiger partial charge in [-0.15, -0.1) is 0 Å². The first-order chi connectivity index (χ1) is 9.71. The molecule has 0 heterocycles. The molecule has 21 heavy (non-hydrogen) atoms. The first kappa shape index (κ1) is 16.3. The highest BCUT2D eigenvalue weighted by molar-refractivity contribution is 8.29. The number of rotatable bonds is 4. The molecule has 0 aliphatic rings. The molecule has 0 saturated heterocycles. The van der Waals surface area contributed by atoms with Crippen LogP contribution in [0.3, 0.4) is 0 Å². The third-order valence-corrected chi connectivity index (χ3v) is 8.56. The van der Waals surface area contributed by atoms with Gasteiger partial charge in [0.25, 0.3) is 22.2 Å². The van der Waals surface area contributed by atoms with Crippen LogP contribution in [0.1, 0.15) is 11.1 Å². The molecule has 0 aliphatic carbocycles. The summed E-state index contributed by atoms with van der Waals surface area (Å²) in [7, 11) is 1.76. The fourth-order valence-electron chi connectivity index (χ4n) is 2.16. The first-order valence-electron chi connectivity index (χ1n) is 5.70. The van der Waals surface area contributed by atoms with Gasteiger partial charge < -0.3 is 0 Å². The van der Waals surface area contributed by atoms with Crippen LogP contribution in [0.5, 0.6) is 0 Å². The second-order valence-corrected chi connectivity index (χ2v) is 9.90. The van der Waals surface area contributed by atoms with Crippen molar-refractivity contribution in [3.8, 4) is 0 Å². The standard InChI is InChI=1S/C13H10Cl2O4S2/c14-20(16,17)13(21(15,18)19,11-7-3-1-4-8-11)12-9-5-2-6-10-12/h1-10H. The van der Waals surface area contributed by atoms with Gasteiger partial charge in [0.2, 0.25) is 0 Å². The molecule has 4 nitrogen and oxygen atoms in total. The minimum atomic E-state index is -4.64. The number of halogens is 2. The van der Waals surface area contributed by atoms with Gasteiger partial charge in [-0.2, -0.15) is 0 Å². The van der Waals surface area contributed by atoms with Crippen LogP contribution >= 0.6 is 21.4 Å². The second-order valence-electron chi connectivity index (χ2n) is 4.22. The lowest BCUT2D eigenvalue weighted by atomic mass is 10.0. The van der Waals surface area contributed by atoms with Gasteiger partial charge in [-0.05, 0) is 11.1 Å². The van der Waals surface area contributed by atoms with E-state index in [2.05, 4.69) is 0 Å². The molecule has 2 rings (SSSR count). The van der Waals surface area contributed by atoms with E-state index in [4.69, 9.17) is 21.4 Å². The van der Waals surface area contributed by atoms with Crippen LogP contribution < -0.4 is 0 Å². The zero-order valence-electron chi connectivity index (χ0n) is 10.5. The van der Waals surface area contributed by atoms with Crippen molar-refractivity contribution in [3.05, 3.63) is 71.8 Å². The molecule has 0 N–H and O–H groups in total. The summed E-state index contributed by atoms with van der Waals surface area (Å²) in [5, 5.41) is 0. The van der Waals surface area contributed by atoms with Crippen LogP contribution in [0.2, 0.25) is 0 Å². The van der Waals surface area contributed by atoms with E-state index >= 15 is 0 Å². The monoisotopic (exact) mass is 364 g/mol. The fraction of sp³-hybridized carbons (Fsp3) is 0.0769. The summed E-state index contributed by atoms with van der Waals surface area (Å²) < 4.78 is 46.2. The third-order valence-electron chi connectivity index (χ3n) is 2.99. The summed E-state index contributed by atoms with van der Waals surface area (Å²) in [6.45, 7) is 0. The summed E-state index contributed by atoms with van der Waals surface area (Å²) in [5.74, 6) is 0. The molecule has 0 aliphatic heterocycles. The molecule has 0 atom stereocenters. The van der Waals surface area contributed by atoms with E-state index < -0.39 is 22.2 Å². The molecule has 2 aromatic rings. The molecule has 0 saturated carbocycles. The van der Waals surface area contributed by atoms with Gasteiger partial charge in [-0.1, -0.05) is 60.7 Å². The summed E-state index contributed by atoms with van der Waals surface area (Å²) in [4.78, 5) is 0. The highest BCUT2D eigenvalue weighted by atomic mass is 35.7. The molecule has 0 amide bonds. The molecule has 8 heteroatoms. The highest BCUT2D eigenvalue weighted by Gasteiger charge is 2.57. The highest BCUT2D eigenvalue weighted by Crippen LogP contribution is 2.46. The van der Waals surface area contributed by atoms with Crippen molar-refractivity contribution < 1.29 is 16.8 Å². The molecule has 0 bridgehead atoms. The van der Waals surface area contributed by atoms with Crippen LogP contribution in [0.4, 0.5) is 0 Å². The van der Waals surface area contributed by atoms with Crippen molar-refractivity contribution in [2.24, 2.45) is 0 Å². The van der Waals surface area contributed by atoms with Crippen LogP contribution in [0, 0.1) is 0 Å². The zero-order valence-corrected chi connectivity index (χ0v) is 13.6. The first-order valence-corrected chi connectivity index (χ1v) is 10.3. The van der Waals surface area contributed by atoms with E-state index in [0.717, 1.165) is 0 Å². The van der Waals surface area contributed by atoms with Crippen LogP contribution in [0.15, 0.2) is 60.7 Å². The van der Waals surface area contributed by atoms with Crippen molar-refractivity contribution in [1.82, 2.24) is 0 Å². The third kappa shape index (κ3) is 2.68. The molecule has 0 spiro atoms. The second kappa shape index (κ2) is 5.61. The van der Waals surface area contributed by atoms with Crippen molar-refractivity contribution in [1.29, 1.82) is 0 Å². The molecule has 0 aromatic heterocycles. The Morgan fingerprint density at radius 1 is 0.619 bits per heavy atom. The van der Waals surface area contributed by atoms with E-state index in [1.807, 2.05) is 0 Å². The van der Waals surface area contributed by atoms with Crippen molar-refractivity contribution in [3.63, 3.8) is 0 Å². The topological polar surface area (TPSA) is 68.3 Å². The lowest BCUT2D eigenvalue weighted by molar-refractivity contribution is 0.576. The molecular formula is C13H10Cl2O4S2. The molecule has 0 unspecified atom stereocenters. The quantitative estimate of drug-likeness (QED) is 0.781. The van der Waals surface area contributed by atoms with E-state index in [-0.39, 0.29) is 11.1 Å². The number of benzene rings is 2. The summed E-state index contributed by atoms with van der Waals surface area (Å²) in [6.07, 6.45) is 0. The minimum Gasteiger partial charge on any atom is -0.210 e. The smallest absolute Gasteiger partial charge is 0.210 e. The minimum absolute atomic E-state index is 0.0406. The molecule has 2 aromatic carbocycles. The Bertz CT molecular complexity index is 759. The van der Waals surface area contributed by atoms with E-state index in [9.17, 15) is 16.8 Å². The van der Waals surface area contributed by atoms with Gasteiger partial charge in [0.15, 0.2) is 0 Å². The Morgan fingerprint density at radius 3 is 1.14 bits per heavy atom. The van der Waals surface area contributed by atoms with E-state index in [1.54, 1.807) is 12.1 Å². The van der Waals surface area contributed by atoms with Crippen molar-refractivity contribution in [2.45, 2.75) is 4.08 Å². The Kier molecular flexibility index (Phi) is 4.35. The average molecular weight is 365 g/mol. The Hall–Kier alpha value is -1.08. The predicted molar refractivity (Wildman–Crippen MR) is 83.2 cm³/mol. The van der Waals surface area contributed by atoms with Crippen LogP contribution in [-0.4, -0.2) is 16.8 Å². The van der Waals surface area contributed by atoms with Crippen LogP contribution in [0.25, 0.3) is 0 Å². The SMILES string of the molecule is O=S(=O)(Cl)C(c1ccccc1)(c1ccccc1)S(=O)(=O)Cl. The van der Waals surface area contributed by atoms with Gasteiger partial charge in [0.05, 0.1) is 0 Å². The maximum atomic E-state index is 12.2. The van der Waals surface area contributed by atoms with E-state index in [1.165, 1.54) is 48.5 Å².